The zero-order valence-corrected chi connectivity index (χ0v) is 11.9. The normalized spacial score (nSPS) is 11.5. The van der Waals surface area contributed by atoms with E-state index in [9.17, 15) is 8.42 Å². The van der Waals surface area contributed by atoms with Gasteiger partial charge in [-0.3, -0.25) is 0 Å². The number of hydrogen-bond acceptors (Lipinski definition) is 4. The fourth-order valence-corrected chi connectivity index (χ4v) is 2.59. The number of nitrogens with zero attached hydrogens (tertiary/aromatic N) is 1. The molecular weight excluding hydrogens is 250 g/mol. The largest absolute Gasteiger partial charge is 0.397 e. The molecule has 6 heteroatoms. The molecule has 1 aromatic carbocycles. The van der Waals surface area contributed by atoms with Crippen LogP contribution in [0.5, 0.6) is 0 Å². The van der Waals surface area contributed by atoms with Gasteiger partial charge in [-0.1, -0.05) is 6.92 Å². The van der Waals surface area contributed by atoms with Gasteiger partial charge in [0.25, 0.3) is 0 Å². The minimum absolute atomic E-state index is 0.193. The number of benzene rings is 1. The summed E-state index contributed by atoms with van der Waals surface area (Å²) >= 11 is 0. The standard InChI is InChI=1S/C12H21N3O2S/c1-4-8-15(5-2)12-7-6-10(9-11(12)13)18(16,17)14-3/h6-7,9,14H,4-5,8,13H2,1-3H3. The second kappa shape index (κ2) is 6.06. The molecule has 1 aromatic rings. The van der Waals surface area contributed by atoms with Crippen LogP contribution in [0, 0.1) is 0 Å². The van der Waals surface area contributed by atoms with Gasteiger partial charge < -0.3 is 10.6 Å². The molecule has 0 aliphatic carbocycles. The highest BCUT2D eigenvalue weighted by Gasteiger charge is 2.14. The summed E-state index contributed by atoms with van der Waals surface area (Å²) in [4.78, 5) is 2.32. The Labute approximate surface area is 109 Å². The van der Waals surface area contributed by atoms with E-state index in [1.165, 1.54) is 13.1 Å². The van der Waals surface area contributed by atoms with Crippen molar-refractivity contribution in [3.05, 3.63) is 18.2 Å². The molecule has 18 heavy (non-hydrogen) atoms. The van der Waals surface area contributed by atoms with Crippen molar-refractivity contribution in [3.8, 4) is 0 Å². The van der Waals surface area contributed by atoms with Crippen LogP contribution in [0.25, 0.3) is 0 Å². The quantitative estimate of drug-likeness (QED) is 0.767. The zero-order chi connectivity index (χ0) is 13.8. The number of sulfonamides is 1. The molecule has 0 amide bonds. The van der Waals surface area contributed by atoms with Gasteiger partial charge in [-0.2, -0.15) is 0 Å². The van der Waals surface area contributed by atoms with Crippen molar-refractivity contribution in [1.29, 1.82) is 0 Å². The minimum Gasteiger partial charge on any atom is -0.397 e. The summed E-state index contributed by atoms with van der Waals surface area (Å²) in [7, 11) is -2.05. The maximum atomic E-state index is 11.6. The molecule has 0 aliphatic rings. The summed E-state index contributed by atoms with van der Waals surface area (Å²) in [6.45, 7) is 5.89. The number of hydrogen-bond donors (Lipinski definition) is 2. The first-order valence-electron chi connectivity index (χ1n) is 6.04. The Hall–Kier alpha value is -1.27. The average Bonchev–Trinajstić information content (AvgIpc) is 2.36. The Morgan fingerprint density at radius 2 is 2.00 bits per heavy atom. The molecule has 3 N–H and O–H groups in total. The fraction of sp³-hybridized carbons (Fsp3) is 0.500. The molecule has 0 radical (unpaired) electrons. The van der Waals surface area contributed by atoms with Crippen molar-refractivity contribution in [2.75, 3.05) is 30.8 Å². The predicted molar refractivity (Wildman–Crippen MR) is 75.3 cm³/mol. The highest BCUT2D eigenvalue weighted by Crippen LogP contribution is 2.26. The first-order chi connectivity index (χ1) is 8.46. The van der Waals surface area contributed by atoms with E-state index in [4.69, 9.17) is 5.73 Å². The molecule has 0 fully saturated rings. The van der Waals surface area contributed by atoms with Gasteiger partial charge >= 0.3 is 0 Å². The number of anilines is 2. The molecule has 0 spiro atoms. The van der Waals surface area contributed by atoms with E-state index in [0.717, 1.165) is 25.2 Å². The first-order valence-corrected chi connectivity index (χ1v) is 7.52. The van der Waals surface area contributed by atoms with Crippen LogP contribution < -0.4 is 15.4 Å². The van der Waals surface area contributed by atoms with Crippen molar-refractivity contribution in [1.82, 2.24) is 4.72 Å². The van der Waals surface area contributed by atoms with E-state index in [0.29, 0.717) is 5.69 Å². The Bertz CT molecular complexity index is 500. The lowest BCUT2D eigenvalue weighted by Crippen LogP contribution is -2.25. The molecule has 0 bridgehead atoms. The first kappa shape index (κ1) is 14.8. The van der Waals surface area contributed by atoms with E-state index in [2.05, 4.69) is 16.5 Å². The van der Waals surface area contributed by atoms with Gasteiger partial charge in [0.05, 0.1) is 16.3 Å². The lowest BCUT2D eigenvalue weighted by Gasteiger charge is -2.24. The Morgan fingerprint density at radius 1 is 1.33 bits per heavy atom. The van der Waals surface area contributed by atoms with Crippen molar-refractivity contribution < 1.29 is 8.42 Å². The highest BCUT2D eigenvalue weighted by molar-refractivity contribution is 7.89. The van der Waals surface area contributed by atoms with E-state index in [1.54, 1.807) is 12.1 Å². The van der Waals surface area contributed by atoms with Crippen molar-refractivity contribution in [3.63, 3.8) is 0 Å². The molecule has 102 valence electrons. The minimum atomic E-state index is -3.43. The van der Waals surface area contributed by atoms with Gasteiger partial charge in [0.15, 0.2) is 0 Å². The van der Waals surface area contributed by atoms with Gasteiger partial charge in [-0.15, -0.1) is 0 Å². The summed E-state index contributed by atoms with van der Waals surface area (Å²) in [5.74, 6) is 0. The predicted octanol–water partition coefficient (Wildman–Crippen LogP) is 1.41. The average molecular weight is 271 g/mol. The van der Waals surface area contributed by atoms with Crippen LogP contribution in [0.4, 0.5) is 11.4 Å². The van der Waals surface area contributed by atoms with Gasteiger partial charge in [0.2, 0.25) is 10.0 Å². The van der Waals surface area contributed by atoms with Crippen LogP contribution in [0.15, 0.2) is 23.1 Å². The summed E-state index contributed by atoms with van der Waals surface area (Å²) in [6, 6.07) is 4.84. The van der Waals surface area contributed by atoms with Gasteiger partial charge in [-0.05, 0) is 38.6 Å². The summed E-state index contributed by atoms with van der Waals surface area (Å²) in [5, 5.41) is 0. The Kier molecular flexibility index (Phi) is 4.98. The van der Waals surface area contributed by atoms with E-state index >= 15 is 0 Å². The summed E-state index contributed by atoms with van der Waals surface area (Å²) in [5.41, 5.74) is 7.32. The van der Waals surface area contributed by atoms with Crippen LogP contribution in [0.3, 0.4) is 0 Å². The lowest BCUT2D eigenvalue weighted by molar-refractivity contribution is 0.588. The molecule has 0 saturated carbocycles. The third kappa shape index (κ3) is 3.14. The van der Waals surface area contributed by atoms with Crippen molar-refractivity contribution >= 4 is 21.4 Å². The van der Waals surface area contributed by atoms with Crippen molar-refractivity contribution in [2.45, 2.75) is 25.2 Å². The maximum absolute atomic E-state index is 11.6. The van der Waals surface area contributed by atoms with Crippen LogP contribution in [-0.4, -0.2) is 28.6 Å². The maximum Gasteiger partial charge on any atom is 0.240 e. The fourth-order valence-electron chi connectivity index (χ4n) is 1.82. The molecule has 0 unspecified atom stereocenters. The molecule has 0 aromatic heterocycles. The SMILES string of the molecule is CCCN(CC)c1ccc(S(=O)(=O)NC)cc1N. The molecule has 0 saturated heterocycles. The van der Waals surface area contributed by atoms with Crippen molar-refractivity contribution in [2.24, 2.45) is 0 Å². The van der Waals surface area contributed by atoms with Crippen LogP contribution in [-0.2, 0) is 10.0 Å². The van der Waals surface area contributed by atoms with Crippen LogP contribution in [0.2, 0.25) is 0 Å². The highest BCUT2D eigenvalue weighted by atomic mass is 32.2. The van der Waals surface area contributed by atoms with Gasteiger partial charge in [0, 0.05) is 13.1 Å². The topological polar surface area (TPSA) is 75.4 Å². The summed E-state index contributed by atoms with van der Waals surface area (Å²) in [6.07, 6.45) is 1.02. The number of nitrogen functional groups attached to an aromatic ring is 1. The third-order valence-corrected chi connectivity index (χ3v) is 4.21. The van der Waals surface area contributed by atoms with Crippen LogP contribution in [0.1, 0.15) is 20.3 Å². The van der Waals surface area contributed by atoms with E-state index in [1.807, 2.05) is 6.92 Å². The second-order valence-electron chi connectivity index (χ2n) is 4.01. The Balaban J connectivity index is 3.14. The molecule has 0 atom stereocenters. The summed E-state index contributed by atoms with van der Waals surface area (Å²) < 4.78 is 25.6. The number of nitrogens with one attached hydrogen (secondary N) is 1. The van der Waals surface area contributed by atoms with E-state index in [-0.39, 0.29) is 4.90 Å². The second-order valence-corrected chi connectivity index (χ2v) is 5.89. The number of rotatable bonds is 6. The van der Waals surface area contributed by atoms with Gasteiger partial charge in [0.1, 0.15) is 0 Å². The van der Waals surface area contributed by atoms with E-state index < -0.39 is 10.0 Å². The smallest absolute Gasteiger partial charge is 0.240 e. The molecular formula is C12H21N3O2S. The monoisotopic (exact) mass is 271 g/mol. The number of nitrogens with two attached hydrogens (primary N) is 1. The van der Waals surface area contributed by atoms with Crippen LogP contribution >= 0.6 is 0 Å². The third-order valence-electron chi connectivity index (χ3n) is 2.79. The molecule has 0 aliphatic heterocycles. The molecule has 0 heterocycles. The molecule has 5 nitrogen and oxygen atoms in total. The Morgan fingerprint density at radius 3 is 2.44 bits per heavy atom. The lowest BCUT2D eigenvalue weighted by atomic mass is 10.2. The van der Waals surface area contributed by atoms with Gasteiger partial charge in [-0.25, -0.2) is 13.1 Å². The zero-order valence-electron chi connectivity index (χ0n) is 11.1. The molecule has 1 rings (SSSR count).